The van der Waals surface area contributed by atoms with Crippen LogP contribution in [0, 0.1) is 5.92 Å². The van der Waals surface area contributed by atoms with Crippen molar-refractivity contribution in [3.63, 3.8) is 0 Å². The first-order valence-electron chi connectivity index (χ1n) is 5.11. The van der Waals surface area contributed by atoms with Crippen LogP contribution in [0.1, 0.15) is 27.2 Å². The van der Waals surface area contributed by atoms with Gasteiger partial charge in [0.2, 0.25) is 0 Å². The molecule has 0 aromatic rings. The Morgan fingerprint density at radius 3 is 2.73 bits per heavy atom. The monoisotopic (exact) mass is 215 g/mol. The second kappa shape index (κ2) is 6.45. The lowest BCUT2D eigenvalue weighted by atomic mass is 9.94. The third-order valence-corrected chi connectivity index (χ3v) is 1.79. The van der Waals surface area contributed by atoms with Crippen molar-refractivity contribution < 1.29 is 14.6 Å². The average molecular weight is 215 g/mol. The molecule has 15 heavy (non-hydrogen) atoms. The van der Waals surface area contributed by atoms with Gasteiger partial charge in [-0.25, -0.2) is 4.79 Å². The van der Waals surface area contributed by atoms with Crippen molar-refractivity contribution in [1.29, 1.82) is 0 Å². The molecular weight excluding hydrogens is 194 g/mol. The predicted octanol–water partition coefficient (Wildman–Crippen LogP) is 1.70. The first kappa shape index (κ1) is 14.0. The Morgan fingerprint density at radius 2 is 2.27 bits per heavy atom. The molecule has 1 unspecified atom stereocenters. The van der Waals surface area contributed by atoms with Gasteiger partial charge in [0.25, 0.3) is 0 Å². The highest BCUT2D eigenvalue weighted by Gasteiger charge is 2.22. The second-order valence-electron chi connectivity index (χ2n) is 4.34. The van der Waals surface area contributed by atoms with Gasteiger partial charge in [0.05, 0.1) is 5.60 Å². The molecule has 0 aromatic heterocycles. The lowest BCUT2D eigenvalue weighted by Crippen LogP contribution is -2.41. The fourth-order valence-electron chi connectivity index (χ4n) is 1.40. The van der Waals surface area contributed by atoms with Crippen molar-refractivity contribution in [2.45, 2.75) is 32.8 Å². The Kier molecular flexibility index (Phi) is 6.01. The van der Waals surface area contributed by atoms with Gasteiger partial charge in [-0.05, 0) is 19.3 Å². The Morgan fingerprint density at radius 1 is 1.67 bits per heavy atom. The minimum absolute atomic E-state index is 0.179. The molecule has 4 nitrogen and oxygen atoms in total. The molecule has 88 valence electrons. The molecule has 2 N–H and O–H groups in total. The van der Waals surface area contributed by atoms with E-state index in [1.54, 1.807) is 6.92 Å². The zero-order valence-corrected chi connectivity index (χ0v) is 9.75. The molecule has 0 aliphatic heterocycles. The van der Waals surface area contributed by atoms with Gasteiger partial charge in [0.15, 0.2) is 0 Å². The number of rotatable bonds is 6. The van der Waals surface area contributed by atoms with Crippen LogP contribution in [0.4, 0.5) is 4.79 Å². The number of hydrogen-bond donors (Lipinski definition) is 2. The molecule has 0 aliphatic carbocycles. The van der Waals surface area contributed by atoms with Crippen LogP contribution in [0.15, 0.2) is 12.7 Å². The van der Waals surface area contributed by atoms with Gasteiger partial charge in [-0.2, -0.15) is 0 Å². The van der Waals surface area contributed by atoms with E-state index in [0.29, 0.717) is 12.3 Å². The van der Waals surface area contributed by atoms with Crippen LogP contribution in [0.3, 0.4) is 0 Å². The van der Waals surface area contributed by atoms with Gasteiger partial charge in [-0.1, -0.05) is 26.5 Å². The summed E-state index contributed by atoms with van der Waals surface area (Å²) < 4.78 is 4.71. The van der Waals surface area contributed by atoms with E-state index >= 15 is 0 Å². The van der Waals surface area contributed by atoms with Crippen molar-refractivity contribution in [1.82, 2.24) is 5.32 Å². The molecule has 0 rings (SSSR count). The summed E-state index contributed by atoms with van der Waals surface area (Å²) in [5, 5.41) is 12.4. The summed E-state index contributed by atoms with van der Waals surface area (Å²) in [6.07, 6.45) is 1.60. The number of amides is 1. The maximum absolute atomic E-state index is 11.0. The maximum Gasteiger partial charge on any atom is 0.407 e. The number of aliphatic hydroxyl groups is 1. The highest BCUT2D eigenvalue weighted by atomic mass is 16.5. The zero-order chi connectivity index (χ0) is 11.9. The molecule has 1 atom stereocenters. The van der Waals surface area contributed by atoms with Crippen molar-refractivity contribution in [3.8, 4) is 0 Å². The first-order valence-corrected chi connectivity index (χ1v) is 5.11. The highest BCUT2D eigenvalue weighted by Crippen LogP contribution is 2.14. The van der Waals surface area contributed by atoms with Gasteiger partial charge in [-0.15, -0.1) is 0 Å². The quantitative estimate of drug-likeness (QED) is 0.663. The topological polar surface area (TPSA) is 58.6 Å². The van der Waals surface area contributed by atoms with E-state index in [-0.39, 0.29) is 13.2 Å². The lowest BCUT2D eigenvalue weighted by Gasteiger charge is -2.25. The molecule has 0 saturated heterocycles. The lowest BCUT2D eigenvalue weighted by molar-refractivity contribution is 0.0372. The minimum Gasteiger partial charge on any atom is -0.445 e. The predicted molar refractivity (Wildman–Crippen MR) is 59.6 cm³/mol. The van der Waals surface area contributed by atoms with Crippen molar-refractivity contribution >= 4 is 6.09 Å². The Hall–Kier alpha value is -1.03. The molecule has 4 heteroatoms. The first-order chi connectivity index (χ1) is 6.87. The average Bonchev–Trinajstić information content (AvgIpc) is 2.09. The number of ether oxygens (including phenoxy) is 1. The van der Waals surface area contributed by atoms with E-state index in [9.17, 15) is 9.90 Å². The largest absolute Gasteiger partial charge is 0.445 e. The highest BCUT2D eigenvalue weighted by molar-refractivity contribution is 5.67. The number of carbonyl (C=O) groups is 1. The van der Waals surface area contributed by atoms with Crippen molar-refractivity contribution in [2.24, 2.45) is 5.92 Å². The van der Waals surface area contributed by atoms with Crippen LogP contribution in [-0.2, 0) is 4.74 Å². The molecular formula is C11H21NO3. The standard InChI is InChI=1S/C11H21NO3/c1-5-6-15-10(13)12-8-11(4,14)7-9(2)3/h5,9,14H,1,6-8H2,2-4H3,(H,12,13). The van der Waals surface area contributed by atoms with E-state index in [4.69, 9.17) is 4.74 Å². The van der Waals surface area contributed by atoms with Crippen LogP contribution >= 0.6 is 0 Å². The van der Waals surface area contributed by atoms with Crippen LogP contribution in [0.5, 0.6) is 0 Å². The van der Waals surface area contributed by atoms with Gasteiger partial charge in [0.1, 0.15) is 6.61 Å². The molecule has 0 spiro atoms. The number of nitrogens with one attached hydrogen (secondary N) is 1. The normalized spacial score (nSPS) is 14.5. The maximum atomic E-state index is 11.0. The third-order valence-electron chi connectivity index (χ3n) is 1.79. The van der Waals surface area contributed by atoms with E-state index in [0.717, 1.165) is 0 Å². The van der Waals surface area contributed by atoms with Crippen molar-refractivity contribution in [3.05, 3.63) is 12.7 Å². The fourth-order valence-corrected chi connectivity index (χ4v) is 1.40. The van der Waals surface area contributed by atoms with Gasteiger partial charge >= 0.3 is 6.09 Å². The molecule has 0 radical (unpaired) electrons. The SMILES string of the molecule is C=CCOC(=O)NCC(C)(O)CC(C)C. The molecule has 0 bridgehead atoms. The Balaban J connectivity index is 3.81. The molecule has 0 aliphatic rings. The molecule has 0 saturated carbocycles. The van der Waals surface area contributed by atoms with E-state index in [1.807, 2.05) is 13.8 Å². The van der Waals surface area contributed by atoms with E-state index in [1.165, 1.54) is 6.08 Å². The van der Waals surface area contributed by atoms with E-state index in [2.05, 4.69) is 11.9 Å². The summed E-state index contributed by atoms with van der Waals surface area (Å²) >= 11 is 0. The molecule has 1 amide bonds. The zero-order valence-electron chi connectivity index (χ0n) is 9.75. The van der Waals surface area contributed by atoms with Gasteiger partial charge < -0.3 is 15.2 Å². The van der Waals surface area contributed by atoms with E-state index < -0.39 is 11.7 Å². The summed E-state index contributed by atoms with van der Waals surface area (Å²) in [7, 11) is 0. The van der Waals surface area contributed by atoms with Gasteiger partial charge in [-0.3, -0.25) is 0 Å². The molecule has 0 heterocycles. The summed E-state index contributed by atoms with van der Waals surface area (Å²) in [6.45, 7) is 9.53. The molecule has 0 fully saturated rings. The third kappa shape index (κ3) is 8.00. The second-order valence-corrected chi connectivity index (χ2v) is 4.34. The van der Waals surface area contributed by atoms with Crippen LogP contribution in [-0.4, -0.2) is 30.0 Å². The van der Waals surface area contributed by atoms with Gasteiger partial charge in [0, 0.05) is 6.54 Å². The smallest absolute Gasteiger partial charge is 0.407 e. The molecule has 0 aromatic carbocycles. The van der Waals surface area contributed by atoms with Crippen LogP contribution < -0.4 is 5.32 Å². The fraction of sp³-hybridized carbons (Fsp3) is 0.727. The number of alkyl carbamates (subject to hydrolysis) is 1. The summed E-state index contributed by atoms with van der Waals surface area (Å²) in [6, 6.07) is 0. The van der Waals surface area contributed by atoms with Crippen molar-refractivity contribution in [2.75, 3.05) is 13.2 Å². The number of hydrogen-bond acceptors (Lipinski definition) is 3. The van der Waals surface area contributed by atoms with Crippen LogP contribution in [0.2, 0.25) is 0 Å². The summed E-state index contributed by atoms with van der Waals surface area (Å²) in [5.74, 6) is 0.381. The number of carbonyl (C=O) groups excluding carboxylic acids is 1. The van der Waals surface area contributed by atoms with Crippen LogP contribution in [0.25, 0.3) is 0 Å². The summed E-state index contributed by atoms with van der Waals surface area (Å²) in [5.41, 5.74) is -0.888. The Labute approximate surface area is 91.3 Å². The minimum atomic E-state index is -0.888. The summed E-state index contributed by atoms with van der Waals surface area (Å²) in [4.78, 5) is 11.0. The Bertz CT molecular complexity index is 212.